The summed E-state index contributed by atoms with van der Waals surface area (Å²) < 4.78 is 17.9. The van der Waals surface area contributed by atoms with Gasteiger partial charge in [0, 0.05) is 25.6 Å². The molecule has 1 amide bonds. The van der Waals surface area contributed by atoms with Crippen molar-refractivity contribution in [3.8, 4) is 0 Å². The molecule has 1 rings (SSSR count). The van der Waals surface area contributed by atoms with E-state index in [1.54, 1.807) is 26.1 Å². The quantitative estimate of drug-likeness (QED) is 0.768. The Morgan fingerprint density at radius 1 is 1.37 bits per heavy atom. The van der Waals surface area contributed by atoms with Crippen LogP contribution in [0.1, 0.15) is 28.8 Å². The van der Waals surface area contributed by atoms with Gasteiger partial charge in [0.15, 0.2) is 0 Å². The van der Waals surface area contributed by atoms with Gasteiger partial charge >= 0.3 is 5.97 Å². The zero-order valence-electron chi connectivity index (χ0n) is 11.4. The third-order valence-electron chi connectivity index (χ3n) is 2.87. The number of esters is 1. The fourth-order valence-electron chi connectivity index (χ4n) is 1.61. The van der Waals surface area contributed by atoms with Gasteiger partial charge in [-0.3, -0.25) is 9.59 Å². The number of aryl methyl sites for hydroxylation is 1. The van der Waals surface area contributed by atoms with Crippen LogP contribution in [-0.4, -0.2) is 37.5 Å². The fraction of sp³-hybridized carbons (Fsp3) is 0.429. The van der Waals surface area contributed by atoms with Crippen LogP contribution < -0.4 is 0 Å². The van der Waals surface area contributed by atoms with Crippen molar-refractivity contribution in [2.45, 2.75) is 19.8 Å². The van der Waals surface area contributed by atoms with Crippen molar-refractivity contribution in [2.24, 2.45) is 0 Å². The van der Waals surface area contributed by atoms with Crippen LogP contribution in [0.25, 0.3) is 0 Å². The van der Waals surface area contributed by atoms with E-state index in [-0.39, 0.29) is 18.3 Å². The summed E-state index contributed by atoms with van der Waals surface area (Å²) in [5, 5.41) is 0. The van der Waals surface area contributed by atoms with E-state index in [4.69, 9.17) is 0 Å². The monoisotopic (exact) mass is 267 g/mol. The maximum absolute atomic E-state index is 13.4. The van der Waals surface area contributed by atoms with Crippen LogP contribution in [0.4, 0.5) is 4.39 Å². The molecule has 0 atom stereocenters. The lowest BCUT2D eigenvalue weighted by atomic mass is 10.1. The minimum Gasteiger partial charge on any atom is -0.469 e. The Kier molecular flexibility index (Phi) is 5.48. The summed E-state index contributed by atoms with van der Waals surface area (Å²) in [5.41, 5.74) is 0.813. The summed E-state index contributed by atoms with van der Waals surface area (Å²) in [6.07, 6.45) is 0.777. The van der Waals surface area contributed by atoms with Crippen molar-refractivity contribution < 1.29 is 18.7 Å². The Morgan fingerprint density at radius 3 is 2.63 bits per heavy atom. The molecule has 0 saturated heterocycles. The molecule has 0 bridgehead atoms. The average molecular weight is 267 g/mol. The highest BCUT2D eigenvalue weighted by molar-refractivity contribution is 5.94. The predicted molar refractivity (Wildman–Crippen MR) is 69.3 cm³/mol. The molecule has 5 heteroatoms. The van der Waals surface area contributed by atoms with Crippen LogP contribution in [0, 0.1) is 12.7 Å². The minimum absolute atomic E-state index is 0.260. The van der Waals surface area contributed by atoms with Gasteiger partial charge in [-0.1, -0.05) is 6.07 Å². The molecule has 0 aromatic heterocycles. The largest absolute Gasteiger partial charge is 0.469 e. The van der Waals surface area contributed by atoms with Crippen molar-refractivity contribution in [3.05, 3.63) is 35.1 Å². The number of rotatable bonds is 5. The first kappa shape index (κ1) is 15.1. The molecule has 0 aliphatic carbocycles. The van der Waals surface area contributed by atoms with Crippen molar-refractivity contribution >= 4 is 11.9 Å². The predicted octanol–water partition coefficient (Wildman–Crippen LogP) is 2.16. The minimum atomic E-state index is -0.395. The van der Waals surface area contributed by atoms with E-state index < -0.39 is 5.82 Å². The Bertz CT molecular complexity index is 474. The molecule has 0 heterocycles. The van der Waals surface area contributed by atoms with E-state index in [2.05, 4.69) is 4.74 Å². The smallest absolute Gasteiger partial charge is 0.305 e. The molecule has 0 fully saturated rings. The first-order chi connectivity index (χ1) is 8.95. The van der Waals surface area contributed by atoms with E-state index in [0.29, 0.717) is 24.1 Å². The summed E-state index contributed by atoms with van der Waals surface area (Å²) >= 11 is 0. The maximum Gasteiger partial charge on any atom is 0.305 e. The van der Waals surface area contributed by atoms with E-state index >= 15 is 0 Å². The third kappa shape index (κ3) is 4.35. The second-order valence-corrected chi connectivity index (χ2v) is 4.37. The highest BCUT2D eigenvalue weighted by atomic mass is 19.1. The number of carbonyl (C=O) groups excluding carboxylic acids is 2. The number of nitrogens with zero attached hydrogens (tertiary/aromatic N) is 1. The van der Waals surface area contributed by atoms with Gasteiger partial charge in [0.05, 0.1) is 7.11 Å². The van der Waals surface area contributed by atoms with Gasteiger partial charge in [0.1, 0.15) is 5.82 Å². The fourth-order valence-corrected chi connectivity index (χ4v) is 1.61. The highest BCUT2D eigenvalue weighted by Crippen LogP contribution is 2.11. The molecule has 0 saturated carbocycles. The van der Waals surface area contributed by atoms with Crippen LogP contribution in [0.5, 0.6) is 0 Å². The second-order valence-electron chi connectivity index (χ2n) is 4.37. The van der Waals surface area contributed by atoms with E-state index in [1.807, 2.05) is 0 Å². The molecular weight excluding hydrogens is 249 g/mol. The molecule has 104 valence electrons. The van der Waals surface area contributed by atoms with E-state index in [1.165, 1.54) is 18.1 Å². The van der Waals surface area contributed by atoms with Gasteiger partial charge in [-0.25, -0.2) is 4.39 Å². The van der Waals surface area contributed by atoms with Gasteiger partial charge in [0.25, 0.3) is 5.91 Å². The molecule has 0 N–H and O–H groups in total. The average Bonchev–Trinajstić information content (AvgIpc) is 2.40. The maximum atomic E-state index is 13.4. The van der Waals surface area contributed by atoms with Crippen molar-refractivity contribution in [2.75, 3.05) is 20.7 Å². The zero-order chi connectivity index (χ0) is 14.4. The lowest BCUT2D eigenvalue weighted by Crippen LogP contribution is -2.28. The van der Waals surface area contributed by atoms with E-state index in [0.717, 1.165) is 0 Å². The van der Waals surface area contributed by atoms with Crippen LogP contribution >= 0.6 is 0 Å². The number of ether oxygens (including phenoxy) is 1. The number of hydrogen-bond donors (Lipinski definition) is 0. The molecule has 0 aliphatic heterocycles. The Morgan fingerprint density at radius 2 is 2.05 bits per heavy atom. The van der Waals surface area contributed by atoms with Crippen molar-refractivity contribution in [1.29, 1.82) is 0 Å². The number of halogens is 1. The van der Waals surface area contributed by atoms with E-state index in [9.17, 15) is 14.0 Å². The summed E-state index contributed by atoms with van der Waals surface area (Å²) in [5.74, 6) is -0.959. The number of methoxy groups -OCH3 is 1. The molecule has 1 aromatic carbocycles. The second kappa shape index (κ2) is 6.87. The van der Waals surface area contributed by atoms with Crippen LogP contribution in [0.3, 0.4) is 0 Å². The molecule has 0 spiro atoms. The molecule has 0 radical (unpaired) electrons. The molecule has 1 aromatic rings. The molecule has 4 nitrogen and oxygen atoms in total. The molecule has 19 heavy (non-hydrogen) atoms. The molecular formula is C14H18FNO3. The van der Waals surface area contributed by atoms with Gasteiger partial charge in [-0.05, 0) is 31.0 Å². The number of benzene rings is 1. The summed E-state index contributed by atoms with van der Waals surface area (Å²) in [6.45, 7) is 2.06. The molecule has 0 unspecified atom stereocenters. The summed E-state index contributed by atoms with van der Waals surface area (Å²) in [6, 6.07) is 4.40. The SMILES string of the molecule is COC(=O)CCCN(C)C(=O)c1ccc(C)c(F)c1. The van der Waals surface area contributed by atoms with Gasteiger partial charge in [-0.2, -0.15) is 0 Å². The van der Waals surface area contributed by atoms with Crippen molar-refractivity contribution in [3.63, 3.8) is 0 Å². The first-order valence-electron chi connectivity index (χ1n) is 6.04. The van der Waals surface area contributed by atoms with Crippen LogP contribution in [0.15, 0.2) is 18.2 Å². The first-order valence-corrected chi connectivity index (χ1v) is 6.04. The van der Waals surface area contributed by atoms with Gasteiger partial charge in [0.2, 0.25) is 0 Å². The standard InChI is InChI=1S/C14H18FNO3/c1-10-6-7-11(9-12(10)15)14(18)16(2)8-4-5-13(17)19-3/h6-7,9H,4-5,8H2,1-3H3. The van der Waals surface area contributed by atoms with Gasteiger partial charge < -0.3 is 9.64 Å². The Hall–Kier alpha value is -1.91. The molecule has 0 aliphatic rings. The number of carbonyl (C=O) groups is 2. The zero-order valence-corrected chi connectivity index (χ0v) is 11.4. The van der Waals surface area contributed by atoms with Crippen molar-refractivity contribution in [1.82, 2.24) is 4.90 Å². The van der Waals surface area contributed by atoms with Gasteiger partial charge in [-0.15, -0.1) is 0 Å². The highest BCUT2D eigenvalue weighted by Gasteiger charge is 2.13. The lowest BCUT2D eigenvalue weighted by molar-refractivity contribution is -0.140. The van der Waals surface area contributed by atoms with Crippen LogP contribution in [0.2, 0.25) is 0 Å². The normalized spacial score (nSPS) is 10.1. The topological polar surface area (TPSA) is 46.6 Å². The van der Waals surface area contributed by atoms with Crippen LogP contribution in [-0.2, 0) is 9.53 Å². The third-order valence-corrected chi connectivity index (χ3v) is 2.87. The number of hydrogen-bond acceptors (Lipinski definition) is 3. The Labute approximate surface area is 112 Å². The summed E-state index contributed by atoms with van der Waals surface area (Å²) in [4.78, 5) is 24.4. The summed E-state index contributed by atoms with van der Waals surface area (Å²) in [7, 11) is 2.95. The number of amides is 1. The lowest BCUT2D eigenvalue weighted by Gasteiger charge is -2.17. The Balaban J connectivity index is 2.56.